The molecule has 136 valence electrons. The number of hydrogen-bond donors (Lipinski definition) is 4. The number of hydrazine groups is 1. The molecule has 0 aromatic rings. The Bertz CT molecular complexity index is 520. The van der Waals surface area contributed by atoms with Gasteiger partial charge in [0.1, 0.15) is 5.60 Å². The van der Waals surface area contributed by atoms with Gasteiger partial charge in [-0.25, -0.2) is 4.79 Å². The summed E-state index contributed by atoms with van der Waals surface area (Å²) < 4.78 is 5.12. The number of amides is 4. The largest absolute Gasteiger partial charge is 0.444 e. The lowest BCUT2D eigenvalue weighted by Crippen LogP contribution is -2.52. The maximum Gasteiger partial charge on any atom is 0.408 e. The first-order chi connectivity index (χ1) is 10.9. The molecule has 0 spiro atoms. The van der Waals surface area contributed by atoms with E-state index < -0.39 is 35.0 Å². The van der Waals surface area contributed by atoms with Crippen molar-refractivity contribution in [1.29, 1.82) is 0 Å². The van der Waals surface area contributed by atoms with Crippen LogP contribution in [0, 0.1) is 0 Å². The zero-order chi connectivity index (χ0) is 18.5. The number of nitrogens with one attached hydrogen (secondary N) is 4. The summed E-state index contributed by atoms with van der Waals surface area (Å²) in [5.41, 5.74) is 2.64. The Morgan fingerprint density at radius 3 is 2.04 bits per heavy atom. The highest BCUT2D eigenvalue weighted by atomic mass is 16.6. The summed E-state index contributed by atoms with van der Waals surface area (Å²) >= 11 is 0. The van der Waals surface area contributed by atoms with Gasteiger partial charge in [0.2, 0.25) is 5.91 Å². The van der Waals surface area contributed by atoms with Crippen LogP contribution in [-0.2, 0) is 19.1 Å². The Morgan fingerprint density at radius 1 is 0.958 bits per heavy atom. The summed E-state index contributed by atoms with van der Waals surface area (Å²) in [5, 5.41) is 5.07. The van der Waals surface area contributed by atoms with Gasteiger partial charge in [-0.3, -0.25) is 25.2 Å². The molecule has 0 atom stereocenters. The second-order valence-electron chi connectivity index (χ2n) is 7.44. The van der Waals surface area contributed by atoms with Gasteiger partial charge in [0, 0.05) is 11.6 Å². The van der Waals surface area contributed by atoms with Gasteiger partial charge in [0.05, 0.1) is 6.42 Å². The van der Waals surface area contributed by atoms with Crippen LogP contribution < -0.4 is 21.5 Å². The molecule has 24 heavy (non-hydrogen) atoms. The van der Waals surface area contributed by atoms with Crippen molar-refractivity contribution in [2.45, 2.75) is 71.1 Å². The number of alkyl carbamates (subject to hydrolysis) is 1. The third-order valence-corrected chi connectivity index (χ3v) is 2.88. The summed E-state index contributed by atoms with van der Waals surface area (Å²) in [6.07, 6.45) is 0.955. The number of hydrogen-bond acceptors (Lipinski definition) is 5. The zero-order valence-electron chi connectivity index (χ0n) is 14.7. The lowest BCUT2D eigenvalue weighted by Gasteiger charge is -2.28. The van der Waals surface area contributed by atoms with E-state index in [1.54, 1.807) is 34.6 Å². The molecule has 0 bridgehead atoms. The minimum atomic E-state index is -0.937. The van der Waals surface area contributed by atoms with Crippen molar-refractivity contribution >= 4 is 23.8 Å². The SMILES string of the molecule is CC(C)(CC(=O)NNC(=O)C(=O)NC1CC1)NC(=O)OC(C)(C)C. The van der Waals surface area contributed by atoms with Gasteiger partial charge in [0.15, 0.2) is 0 Å². The summed E-state index contributed by atoms with van der Waals surface area (Å²) in [4.78, 5) is 46.5. The maximum atomic E-state index is 11.8. The molecule has 0 saturated heterocycles. The normalized spacial score (nSPS) is 14.4. The first kappa shape index (κ1) is 19.7. The lowest BCUT2D eigenvalue weighted by molar-refractivity contribution is -0.141. The molecule has 1 saturated carbocycles. The molecule has 1 aliphatic carbocycles. The van der Waals surface area contributed by atoms with Crippen molar-refractivity contribution in [3.8, 4) is 0 Å². The molecule has 0 radical (unpaired) electrons. The van der Waals surface area contributed by atoms with E-state index in [0.29, 0.717) is 0 Å². The van der Waals surface area contributed by atoms with E-state index in [2.05, 4.69) is 16.1 Å². The number of carbonyl (C=O) groups excluding carboxylic acids is 4. The molecule has 9 nitrogen and oxygen atoms in total. The van der Waals surface area contributed by atoms with E-state index in [4.69, 9.17) is 4.74 Å². The van der Waals surface area contributed by atoms with Gasteiger partial charge in [-0.1, -0.05) is 0 Å². The van der Waals surface area contributed by atoms with Crippen molar-refractivity contribution in [2.24, 2.45) is 0 Å². The molecule has 0 aromatic carbocycles. The maximum absolute atomic E-state index is 11.8. The fourth-order valence-electron chi connectivity index (χ4n) is 1.73. The Kier molecular flexibility index (Phi) is 6.16. The third kappa shape index (κ3) is 8.35. The van der Waals surface area contributed by atoms with Crippen molar-refractivity contribution in [3.05, 3.63) is 0 Å². The van der Waals surface area contributed by atoms with Gasteiger partial charge < -0.3 is 15.4 Å². The highest BCUT2D eigenvalue weighted by molar-refractivity contribution is 6.35. The monoisotopic (exact) mass is 342 g/mol. The van der Waals surface area contributed by atoms with E-state index in [1.807, 2.05) is 5.43 Å². The van der Waals surface area contributed by atoms with Crippen LogP contribution in [0.2, 0.25) is 0 Å². The molecule has 0 unspecified atom stereocenters. The molecule has 0 heterocycles. The fourth-order valence-corrected chi connectivity index (χ4v) is 1.73. The van der Waals surface area contributed by atoms with Crippen LogP contribution in [0.3, 0.4) is 0 Å². The minimum absolute atomic E-state index is 0.0518. The molecule has 4 amide bonds. The Hall–Kier alpha value is -2.32. The molecule has 1 aliphatic rings. The second kappa shape index (κ2) is 7.50. The average Bonchev–Trinajstić information content (AvgIpc) is 3.15. The summed E-state index contributed by atoms with van der Waals surface area (Å²) in [5.74, 6) is -2.28. The minimum Gasteiger partial charge on any atom is -0.444 e. The van der Waals surface area contributed by atoms with Crippen molar-refractivity contribution in [2.75, 3.05) is 0 Å². The second-order valence-corrected chi connectivity index (χ2v) is 7.44. The smallest absolute Gasteiger partial charge is 0.408 e. The highest BCUT2D eigenvalue weighted by Crippen LogP contribution is 2.18. The summed E-state index contributed by atoms with van der Waals surface area (Å²) in [6, 6.07) is 0.0518. The molecule has 9 heteroatoms. The standard InChI is InChI=1S/C15H26N4O5/c1-14(2,3)24-13(23)17-15(4,5)8-10(20)18-19-12(22)11(21)16-9-6-7-9/h9H,6-8H2,1-5H3,(H,16,21)(H,17,23)(H,18,20)(H,19,22). The molecule has 1 rings (SSSR count). The fraction of sp³-hybridized carbons (Fsp3) is 0.733. The average molecular weight is 342 g/mol. The first-order valence-electron chi connectivity index (χ1n) is 7.79. The third-order valence-electron chi connectivity index (χ3n) is 2.88. The number of rotatable bonds is 4. The zero-order valence-corrected chi connectivity index (χ0v) is 14.7. The van der Waals surface area contributed by atoms with Gasteiger partial charge in [-0.15, -0.1) is 0 Å². The van der Waals surface area contributed by atoms with Gasteiger partial charge in [0.25, 0.3) is 0 Å². The Balaban J connectivity index is 2.34. The van der Waals surface area contributed by atoms with Gasteiger partial charge >= 0.3 is 17.9 Å². The van der Waals surface area contributed by atoms with Crippen LogP contribution in [0.1, 0.15) is 53.9 Å². The van der Waals surface area contributed by atoms with Gasteiger partial charge in [-0.2, -0.15) is 0 Å². The molecule has 0 aliphatic heterocycles. The van der Waals surface area contributed by atoms with E-state index >= 15 is 0 Å². The van der Waals surface area contributed by atoms with Crippen molar-refractivity contribution in [3.63, 3.8) is 0 Å². The molecule has 4 N–H and O–H groups in total. The van der Waals surface area contributed by atoms with Crippen LogP contribution in [-0.4, -0.2) is 41.0 Å². The van der Waals surface area contributed by atoms with Crippen LogP contribution >= 0.6 is 0 Å². The molecular formula is C15H26N4O5. The predicted molar refractivity (Wildman–Crippen MR) is 85.5 cm³/mol. The van der Waals surface area contributed by atoms with Crippen LogP contribution in [0.4, 0.5) is 4.79 Å². The Morgan fingerprint density at radius 2 is 1.54 bits per heavy atom. The van der Waals surface area contributed by atoms with E-state index in [9.17, 15) is 19.2 Å². The quantitative estimate of drug-likeness (QED) is 0.426. The van der Waals surface area contributed by atoms with Crippen LogP contribution in [0.15, 0.2) is 0 Å². The Labute approximate surface area is 141 Å². The van der Waals surface area contributed by atoms with Crippen molar-refractivity contribution in [1.82, 2.24) is 21.5 Å². The number of carbonyl (C=O) groups is 4. The van der Waals surface area contributed by atoms with Gasteiger partial charge in [-0.05, 0) is 47.5 Å². The van der Waals surface area contributed by atoms with E-state index in [1.165, 1.54) is 0 Å². The topological polar surface area (TPSA) is 126 Å². The number of ether oxygens (including phenoxy) is 1. The lowest BCUT2D eigenvalue weighted by atomic mass is 10.0. The first-order valence-corrected chi connectivity index (χ1v) is 7.79. The van der Waals surface area contributed by atoms with Crippen LogP contribution in [0.25, 0.3) is 0 Å². The molecule has 0 aromatic heterocycles. The van der Waals surface area contributed by atoms with Crippen LogP contribution in [0.5, 0.6) is 0 Å². The summed E-state index contributed by atoms with van der Waals surface area (Å²) in [7, 11) is 0. The predicted octanol–water partition coefficient (Wildman–Crippen LogP) is 0.106. The highest BCUT2D eigenvalue weighted by Gasteiger charge is 2.29. The van der Waals surface area contributed by atoms with E-state index in [0.717, 1.165) is 12.8 Å². The summed E-state index contributed by atoms with van der Waals surface area (Å²) in [6.45, 7) is 8.47. The molecular weight excluding hydrogens is 316 g/mol. The van der Waals surface area contributed by atoms with Crippen molar-refractivity contribution < 1.29 is 23.9 Å². The van der Waals surface area contributed by atoms with E-state index in [-0.39, 0.29) is 12.5 Å². The molecule has 1 fully saturated rings.